The number of carbonyl (C=O) groups excluding carboxylic acids is 1. The number of hydrogen-bond donors (Lipinski definition) is 0. The monoisotopic (exact) mass is 528 g/mol. The van der Waals surface area contributed by atoms with Crippen LogP contribution in [-0.4, -0.2) is 25.2 Å². The Kier molecular flexibility index (Phi) is 27.9. The Morgan fingerprint density at radius 1 is 0.486 bits per heavy atom. The maximum absolute atomic E-state index is 12.4. The van der Waals surface area contributed by atoms with Gasteiger partial charge in [0.1, 0.15) is 0 Å². The smallest absolute Gasteiger partial charge is 0.325 e. The van der Waals surface area contributed by atoms with Crippen LogP contribution in [0.5, 0.6) is 0 Å². The van der Waals surface area contributed by atoms with Crippen LogP contribution in [0.2, 0.25) is 0 Å². The number of ether oxygens (including phenoxy) is 2. The highest BCUT2D eigenvalue weighted by Gasteiger charge is 2.36. The summed E-state index contributed by atoms with van der Waals surface area (Å²) in [6, 6.07) is 0. The minimum atomic E-state index is -1.28. The molecule has 0 rings (SSSR count). The molecular weight excluding hydrogens is 464 g/mol. The molecule has 0 aliphatic carbocycles. The highest BCUT2D eigenvalue weighted by atomic mass is 17.3. The molecule has 37 heavy (non-hydrogen) atoms. The summed E-state index contributed by atoms with van der Waals surface area (Å²) in [4.78, 5) is 23.5. The summed E-state index contributed by atoms with van der Waals surface area (Å²) in [6.45, 7) is 10.0. The van der Waals surface area contributed by atoms with E-state index in [0.717, 1.165) is 57.8 Å². The van der Waals surface area contributed by atoms with Gasteiger partial charge in [0.2, 0.25) is 0 Å². The van der Waals surface area contributed by atoms with Gasteiger partial charge in [0.05, 0.1) is 13.2 Å². The van der Waals surface area contributed by atoms with Crippen LogP contribution in [0, 0.1) is 0 Å². The van der Waals surface area contributed by atoms with Crippen LogP contribution in [-0.2, 0) is 24.0 Å². The van der Waals surface area contributed by atoms with Crippen molar-refractivity contribution in [2.75, 3.05) is 13.2 Å². The van der Waals surface area contributed by atoms with Crippen LogP contribution < -0.4 is 0 Å². The molecule has 0 spiro atoms. The molecule has 0 N–H and O–H groups in total. The van der Waals surface area contributed by atoms with Gasteiger partial charge in [-0.3, -0.25) is 4.89 Å². The van der Waals surface area contributed by atoms with Gasteiger partial charge in [-0.05, 0) is 25.7 Å². The van der Waals surface area contributed by atoms with Crippen molar-refractivity contribution in [3.8, 4) is 0 Å². The summed E-state index contributed by atoms with van der Waals surface area (Å²) < 4.78 is 12.5. The van der Waals surface area contributed by atoms with Gasteiger partial charge in [-0.2, -0.15) is 0 Å². The zero-order valence-corrected chi connectivity index (χ0v) is 25.4. The van der Waals surface area contributed by atoms with Crippen LogP contribution in [0.3, 0.4) is 0 Å². The molecule has 0 amide bonds. The Morgan fingerprint density at radius 2 is 0.865 bits per heavy atom. The van der Waals surface area contributed by atoms with Gasteiger partial charge in [0.25, 0.3) is 0 Å². The first-order chi connectivity index (χ1) is 18.1. The van der Waals surface area contributed by atoms with Gasteiger partial charge in [0, 0.05) is 12.8 Å². The van der Waals surface area contributed by atoms with Crippen LogP contribution >= 0.6 is 0 Å². The van der Waals surface area contributed by atoms with Crippen molar-refractivity contribution in [3.63, 3.8) is 0 Å². The van der Waals surface area contributed by atoms with Crippen LogP contribution in [0.4, 0.5) is 0 Å². The predicted molar refractivity (Wildman–Crippen MR) is 155 cm³/mol. The van der Waals surface area contributed by atoms with Crippen molar-refractivity contribution in [1.82, 2.24) is 0 Å². The lowest BCUT2D eigenvalue weighted by Gasteiger charge is -2.31. The first kappa shape index (κ1) is 36.4. The molecule has 0 radical (unpaired) electrons. The molecule has 0 aromatic rings. The molecule has 0 bridgehead atoms. The lowest BCUT2D eigenvalue weighted by Crippen LogP contribution is -2.41. The Labute approximate surface area is 231 Å². The topological polar surface area (TPSA) is 54.0 Å². The second-order valence-electron chi connectivity index (χ2n) is 10.8. The molecule has 0 fully saturated rings. The molecule has 5 heteroatoms. The number of carbonyl (C=O) groups is 1. The molecule has 0 aromatic carbocycles. The SMILES string of the molecule is CCCCCCCCOC(CCCCCCC)(OCCCCCCCC)OOC(=O)CCCCCCC. The number of unbranched alkanes of at least 4 members (excludes halogenated alkanes) is 18. The fraction of sp³-hybridized carbons (Fsp3) is 0.969. The summed E-state index contributed by atoms with van der Waals surface area (Å²) in [5, 5.41) is 0. The first-order valence-electron chi connectivity index (χ1n) is 16.3. The van der Waals surface area contributed by atoms with Gasteiger partial charge in [-0.25, -0.2) is 4.79 Å². The Hall–Kier alpha value is -0.650. The average Bonchev–Trinajstić information content (AvgIpc) is 2.90. The minimum absolute atomic E-state index is 0.321. The van der Waals surface area contributed by atoms with E-state index in [1.54, 1.807) is 0 Å². The van der Waals surface area contributed by atoms with E-state index < -0.39 is 5.97 Å². The third kappa shape index (κ3) is 24.1. The predicted octanol–water partition coefficient (Wildman–Crippen LogP) is 10.6. The van der Waals surface area contributed by atoms with Crippen molar-refractivity contribution < 1.29 is 24.0 Å². The molecule has 0 aromatic heterocycles. The third-order valence-corrected chi connectivity index (χ3v) is 6.97. The van der Waals surface area contributed by atoms with Gasteiger partial charge >= 0.3 is 11.9 Å². The fourth-order valence-electron chi connectivity index (χ4n) is 4.47. The molecule has 0 aliphatic heterocycles. The van der Waals surface area contributed by atoms with Crippen LogP contribution in [0.25, 0.3) is 0 Å². The summed E-state index contributed by atoms with van der Waals surface area (Å²) in [5.41, 5.74) is 0. The lowest BCUT2D eigenvalue weighted by molar-refractivity contribution is -0.491. The standard InChI is InChI=1S/C32H64O5/c1-5-9-13-17-21-25-29-34-32(28-24-20-16-12-8-4,35-30-26-22-18-14-10-6-2)37-36-31(33)27-23-19-15-11-7-3/h5-30H2,1-4H3. The van der Waals surface area contributed by atoms with E-state index in [2.05, 4.69) is 27.7 Å². The second kappa shape index (κ2) is 28.4. The molecule has 0 heterocycles. The summed E-state index contributed by atoms with van der Waals surface area (Å²) in [5.74, 6) is -1.60. The van der Waals surface area contributed by atoms with Crippen molar-refractivity contribution in [3.05, 3.63) is 0 Å². The Morgan fingerprint density at radius 3 is 1.32 bits per heavy atom. The zero-order chi connectivity index (χ0) is 27.3. The molecule has 0 aliphatic rings. The van der Waals surface area contributed by atoms with E-state index >= 15 is 0 Å². The minimum Gasteiger partial charge on any atom is -0.325 e. The molecule has 0 saturated carbocycles. The molecule has 222 valence electrons. The van der Waals surface area contributed by atoms with E-state index in [0.29, 0.717) is 26.1 Å². The van der Waals surface area contributed by atoms with E-state index in [-0.39, 0.29) is 5.97 Å². The quantitative estimate of drug-likeness (QED) is 0.0401. The van der Waals surface area contributed by atoms with E-state index in [1.807, 2.05) is 0 Å². The van der Waals surface area contributed by atoms with Gasteiger partial charge in [-0.15, -0.1) is 4.89 Å². The Balaban J connectivity index is 4.91. The summed E-state index contributed by atoms with van der Waals surface area (Å²) in [7, 11) is 0. The first-order valence-corrected chi connectivity index (χ1v) is 16.3. The van der Waals surface area contributed by atoms with Gasteiger partial charge < -0.3 is 9.47 Å². The van der Waals surface area contributed by atoms with Crippen molar-refractivity contribution in [2.24, 2.45) is 0 Å². The van der Waals surface area contributed by atoms with Gasteiger partial charge in [-0.1, -0.05) is 143 Å². The van der Waals surface area contributed by atoms with E-state index in [9.17, 15) is 4.79 Å². The summed E-state index contributed by atoms with van der Waals surface area (Å²) >= 11 is 0. The van der Waals surface area contributed by atoms with Crippen molar-refractivity contribution >= 4 is 5.97 Å². The van der Waals surface area contributed by atoms with E-state index in [4.69, 9.17) is 19.2 Å². The van der Waals surface area contributed by atoms with E-state index in [1.165, 1.54) is 83.5 Å². The number of rotatable bonds is 30. The molecular formula is C32H64O5. The molecule has 0 unspecified atom stereocenters. The lowest BCUT2D eigenvalue weighted by atomic mass is 10.1. The maximum atomic E-state index is 12.4. The van der Waals surface area contributed by atoms with Crippen LogP contribution in [0.15, 0.2) is 0 Å². The second-order valence-corrected chi connectivity index (χ2v) is 10.8. The Bertz CT molecular complexity index is 450. The van der Waals surface area contributed by atoms with Crippen LogP contribution in [0.1, 0.15) is 182 Å². The third-order valence-electron chi connectivity index (χ3n) is 6.97. The highest BCUT2D eigenvalue weighted by Crippen LogP contribution is 2.26. The maximum Gasteiger partial charge on any atom is 0.342 e. The molecule has 0 atom stereocenters. The van der Waals surface area contributed by atoms with Crippen molar-refractivity contribution in [1.29, 1.82) is 0 Å². The highest BCUT2D eigenvalue weighted by molar-refractivity contribution is 5.68. The zero-order valence-electron chi connectivity index (χ0n) is 25.4. The number of hydrogen-bond acceptors (Lipinski definition) is 5. The normalized spacial score (nSPS) is 11.8. The summed E-state index contributed by atoms with van der Waals surface area (Å²) in [6.07, 6.45) is 26.4. The largest absolute Gasteiger partial charge is 0.342 e. The van der Waals surface area contributed by atoms with Gasteiger partial charge in [0.15, 0.2) is 0 Å². The van der Waals surface area contributed by atoms with Crippen molar-refractivity contribution in [2.45, 2.75) is 188 Å². The molecule has 0 saturated heterocycles. The fourth-order valence-corrected chi connectivity index (χ4v) is 4.47. The molecule has 5 nitrogen and oxygen atoms in total. The average molecular weight is 529 g/mol.